The van der Waals surface area contributed by atoms with Crippen LogP contribution in [0.25, 0.3) is 0 Å². The molecule has 0 saturated carbocycles. The van der Waals surface area contributed by atoms with E-state index in [9.17, 15) is 4.79 Å². The van der Waals surface area contributed by atoms with Gasteiger partial charge in [-0.15, -0.1) is 10.2 Å². The number of allylic oxidation sites excluding steroid dienone is 2. The molecule has 1 aromatic carbocycles. The van der Waals surface area contributed by atoms with E-state index in [1.54, 1.807) is 18.2 Å². The molecule has 0 aliphatic rings. The molecule has 0 unspecified atom stereocenters. The molecule has 0 atom stereocenters. The first-order valence-electron chi connectivity index (χ1n) is 5.52. The molecule has 0 fully saturated rings. The molecule has 0 bridgehead atoms. The molecule has 0 heterocycles. The van der Waals surface area contributed by atoms with Gasteiger partial charge in [0, 0.05) is 6.42 Å². The maximum absolute atomic E-state index is 11.4. The Morgan fingerprint density at radius 2 is 1.94 bits per heavy atom. The SMILES string of the molecule is C=CC(=C)CCCC(=O)N=Nc1ccccc1. The van der Waals surface area contributed by atoms with Crippen molar-refractivity contribution in [3.63, 3.8) is 0 Å². The zero-order valence-corrected chi connectivity index (χ0v) is 9.80. The smallest absolute Gasteiger partial charge is 0.264 e. The summed E-state index contributed by atoms with van der Waals surface area (Å²) in [5.41, 5.74) is 1.63. The van der Waals surface area contributed by atoms with Crippen LogP contribution < -0.4 is 0 Å². The summed E-state index contributed by atoms with van der Waals surface area (Å²) in [6.45, 7) is 7.39. The minimum atomic E-state index is -0.203. The molecular weight excluding hydrogens is 212 g/mol. The van der Waals surface area contributed by atoms with E-state index < -0.39 is 0 Å². The molecule has 1 amide bonds. The van der Waals surface area contributed by atoms with Gasteiger partial charge in [0.25, 0.3) is 5.91 Å². The lowest BCUT2D eigenvalue weighted by Crippen LogP contribution is -1.91. The molecule has 1 aromatic rings. The van der Waals surface area contributed by atoms with Crippen molar-refractivity contribution in [1.29, 1.82) is 0 Å². The molecule has 1 rings (SSSR count). The first kappa shape index (κ1) is 13.0. The van der Waals surface area contributed by atoms with Gasteiger partial charge in [0.1, 0.15) is 0 Å². The second-order valence-electron chi connectivity index (χ2n) is 3.65. The van der Waals surface area contributed by atoms with Gasteiger partial charge in [0.15, 0.2) is 0 Å². The Kier molecular flexibility index (Phi) is 5.58. The summed E-state index contributed by atoms with van der Waals surface area (Å²) in [5.74, 6) is -0.203. The van der Waals surface area contributed by atoms with E-state index in [4.69, 9.17) is 0 Å². The van der Waals surface area contributed by atoms with Crippen molar-refractivity contribution in [2.45, 2.75) is 19.3 Å². The van der Waals surface area contributed by atoms with Gasteiger partial charge in [-0.25, -0.2) is 0 Å². The van der Waals surface area contributed by atoms with E-state index in [2.05, 4.69) is 23.4 Å². The van der Waals surface area contributed by atoms with Crippen molar-refractivity contribution in [1.82, 2.24) is 0 Å². The van der Waals surface area contributed by atoms with Crippen molar-refractivity contribution < 1.29 is 4.79 Å². The van der Waals surface area contributed by atoms with Crippen LogP contribution in [-0.4, -0.2) is 5.91 Å². The molecule has 0 aromatic heterocycles. The Bertz CT molecular complexity index is 421. The largest absolute Gasteiger partial charge is 0.271 e. The van der Waals surface area contributed by atoms with E-state index in [0.29, 0.717) is 12.1 Å². The number of azo groups is 1. The van der Waals surface area contributed by atoms with Crippen LogP contribution in [0.3, 0.4) is 0 Å². The molecular formula is C14H16N2O. The minimum absolute atomic E-state index is 0.203. The third-order valence-electron chi connectivity index (χ3n) is 2.21. The maximum Gasteiger partial charge on any atom is 0.264 e. The fourth-order valence-electron chi connectivity index (χ4n) is 1.23. The minimum Gasteiger partial charge on any atom is -0.271 e. The third kappa shape index (κ3) is 5.56. The molecule has 0 spiro atoms. The van der Waals surface area contributed by atoms with Gasteiger partial charge in [-0.3, -0.25) is 4.79 Å². The number of nitrogens with zero attached hydrogens (tertiary/aromatic N) is 2. The summed E-state index contributed by atoms with van der Waals surface area (Å²) in [7, 11) is 0. The van der Waals surface area contributed by atoms with E-state index in [1.807, 2.05) is 18.2 Å². The van der Waals surface area contributed by atoms with Crippen molar-refractivity contribution in [2.75, 3.05) is 0 Å². The number of carbonyl (C=O) groups excluding carboxylic acids is 1. The monoisotopic (exact) mass is 228 g/mol. The van der Waals surface area contributed by atoms with Gasteiger partial charge < -0.3 is 0 Å². The van der Waals surface area contributed by atoms with Crippen LogP contribution >= 0.6 is 0 Å². The highest BCUT2D eigenvalue weighted by molar-refractivity contribution is 5.76. The lowest BCUT2D eigenvalue weighted by molar-refractivity contribution is -0.118. The molecule has 17 heavy (non-hydrogen) atoms. The predicted octanol–water partition coefficient (Wildman–Crippen LogP) is 4.21. The first-order valence-corrected chi connectivity index (χ1v) is 5.52. The summed E-state index contributed by atoms with van der Waals surface area (Å²) in [4.78, 5) is 11.4. The highest BCUT2D eigenvalue weighted by atomic mass is 16.1. The van der Waals surface area contributed by atoms with Crippen molar-refractivity contribution in [2.24, 2.45) is 10.2 Å². The molecule has 3 heteroatoms. The van der Waals surface area contributed by atoms with E-state index in [0.717, 1.165) is 18.4 Å². The average Bonchev–Trinajstić information content (AvgIpc) is 2.37. The van der Waals surface area contributed by atoms with Crippen LogP contribution in [0.5, 0.6) is 0 Å². The number of benzene rings is 1. The van der Waals surface area contributed by atoms with E-state index in [-0.39, 0.29) is 5.91 Å². The van der Waals surface area contributed by atoms with Crippen LogP contribution in [0.4, 0.5) is 5.69 Å². The van der Waals surface area contributed by atoms with Crippen LogP contribution in [0.15, 0.2) is 65.4 Å². The number of amides is 1. The Morgan fingerprint density at radius 3 is 2.59 bits per heavy atom. The average molecular weight is 228 g/mol. The molecule has 0 radical (unpaired) electrons. The van der Waals surface area contributed by atoms with Crippen molar-refractivity contribution in [3.8, 4) is 0 Å². The lowest BCUT2D eigenvalue weighted by atomic mass is 10.1. The van der Waals surface area contributed by atoms with Crippen LogP contribution in [0.2, 0.25) is 0 Å². The quantitative estimate of drug-likeness (QED) is 0.531. The summed E-state index contributed by atoms with van der Waals surface area (Å²) >= 11 is 0. The van der Waals surface area contributed by atoms with Gasteiger partial charge >= 0.3 is 0 Å². The zero-order chi connectivity index (χ0) is 12.5. The zero-order valence-electron chi connectivity index (χ0n) is 9.80. The van der Waals surface area contributed by atoms with E-state index >= 15 is 0 Å². The Hall–Kier alpha value is -2.03. The van der Waals surface area contributed by atoms with Crippen LogP contribution in [-0.2, 0) is 4.79 Å². The highest BCUT2D eigenvalue weighted by Crippen LogP contribution is 2.11. The second kappa shape index (κ2) is 7.28. The number of hydrogen-bond donors (Lipinski definition) is 0. The molecule has 88 valence electrons. The topological polar surface area (TPSA) is 41.8 Å². The van der Waals surface area contributed by atoms with Crippen molar-refractivity contribution >= 4 is 11.6 Å². The molecule has 3 nitrogen and oxygen atoms in total. The summed E-state index contributed by atoms with van der Waals surface area (Å²) < 4.78 is 0. The normalized spacial score (nSPS) is 10.4. The Morgan fingerprint density at radius 1 is 1.24 bits per heavy atom. The van der Waals surface area contributed by atoms with Gasteiger partial charge in [-0.1, -0.05) is 43.0 Å². The third-order valence-corrected chi connectivity index (χ3v) is 2.21. The Balaban J connectivity index is 2.32. The molecule has 0 saturated heterocycles. The lowest BCUT2D eigenvalue weighted by Gasteiger charge is -1.96. The summed E-state index contributed by atoms with van der Waals surface area (Å²) in [5, 5.41) is 7.50. The first-order chi connectivity index (χ1) is 8.22. The molecule has 0 aliphatic heterocycles. The maximum atomic E-state index is 11.4. The number of rotatable bonds is 6. The van der Waals surface area contributed by atoms with Crippen LogP contribution in [0, 0.1) is 0 Å². The van der Waals surface area contributed by atoms with Gasteiger partial charge in [-0.2, -0.15) is 0 Å². The number of carbonyl (C=O) groups is 1. The van der Waals surface area contributed by atoms with Gasteiger partial charge in [0.05, 0.1) is 5.69 Å². The molecule has 0 aliphatic carbocycles. The van der Waals surface area contributed by atoms with Crippen molar-refractivity contribution in [3.05, 3.63) is 55.1 Å². The van der Waals surface area contributed by atoms with E-state index in [1.165, 1.54) is 0 Å². The summed E-state index contributed by atoms with van der Waals surface area (Å²) in [6.07, 6.45) is 3.60. The predicted molar refractivity (Wildman–Crippen MR) is 69.2 cm³/mol. The fraction of sp³-hybridized carbons (Fsp3) is 0.214. The van der Waals surface area contributed by atoms with Gasteiger partial charge in [0.2, 0.25) is 0 Å². The second-order valence-corrected chi connectivity index (χ2v) is 3.65. The highest BCUT2D eigenvalue weighted by Gasteiger charge is 1.99. The summed E-state index contributed by atoms with van der Waals surface area (Å²) in [6, 6.07) is 9.20. The molecule has 0 N–H and O–H groups in total. The fourth-order valence-corrected chi connectivity index (χ4v) is 1.23. The number of hydrogen-bond acceptors (Lipinski definition) is 2. The standard InChI is InChI=1S/C14H16N2O/c1-3-12(2)8-7-11-14(17)16-15-13-9-5-4-6-10-13/h3-6,9-10H,1-2,7-8,11H2. The van der Waals surface area contributed by atoms with Gasteiger partial charge in [-0.05, 0) is 25.0 Å². The van der Waals surface area contributed by atoms with Crippen LogP contribution in [0.1, 0.15) is 19.3 Å². The Labute approximate surface area is 102 Å².